The fraction of sp³-hybridized carbons (Fsp3) is 0.333. The SMILES string of the molecule is CC(C)NC(=O)[C@@H](C)N(Cc1ccc(Br)cc1)C(=O)Cc1ccccc1F. The van der Waals surface area contributed by atoms with Crippen LogP contribution in [-0.2, 0) is 22.6 Å². The molecule has 0 unspecified atom stereocenters. The predicted octanol–water partition coefficient (Wildman–Crippen LogP) is 4.07. The summed E-state index contributed by atoms with van der Waals surface area (Å²) in [6, 6.07) is 13.0. The Morgan fingerprint density at radius 3 is 2.30 bits per heavy atom. The Bertz CT molecular complexity index is 793. The van der Waals surface area contributed by atoms with Crippen LogP contribution in [0.25, 0.3) is 0 Å². The van der Waals surface area contributed by atoms with Crippen molar-refractivity contribution in [2.45, 2.75) is 45.8 Å². The molecule has 2 amide bonds. The summed E-state index contributed by atoms with van der Waals surface area (Å²) in [5.41, 5.74) is 1.21. The molecule has 0 aliphatic rings. The second-order valence-corrected chi connectivity index (χ2v) is 7.67. The lowest BCUT2D eigenvalue weighted by Crippen LogP contribution is -2.49. The molecule has 0 bridgehead atoms. The van der Waals surface area contributed by atoms with E-state index in [2.05, 4.69) is 21.2 Å². The first-order chi connectivity index (χ1) is 12.8. The highest BCUT2D eigenvalue weighted by Crippen LogP contribution is 2.16. The molecule has 27 heavy (non-hydrogen) atoms. The summed E-state index contributed by atoms with van der Waals surface area (Å²) in [6.07, 6.45) is -0.0947. The van der Waals surface area contributed by atoms with Crippen molar-refractivity contribution in [2.75, 3.05) is 0 Å². The number of amides is 2. The van der Waals surface area contributed by atoms with Gasteiger partial charge in [0.15, 0.2) is 0 Å². The molecule has 1 atom stereocenters. The number of nitrogens with zero attached hydrogens (tertiary/aromatic N) is 1. The van der Waals surface area contributed by atoms with E-state index in [1.54, 1.807) is 25.1 Å². The van der Waals surface area contributed by atoms with Gasteiger partial charge in [0.05, 0.1) is 6.42 Å². The normalized spacial score (nSPS) is 11.9. The Labute approximate surface area is 167 Å². The Kier molecular flexibility index (Phi) is 7.54. The Morgan fingerprint density at radius 2 is 1.70 bits per heavy atom. The second kappa shape index (κ2) is 9.65. The summed E-state index contributed by atoms with van der Waals surface area (Å²) in [6.45, 7) is 5.69. The molecule has 2 rings (SSSR count). The lowest BCUT2D eigenvalue weighted by molar-refractivity contribution is -0.140. The largest absolute Gasteiger partial charge is 0.352 e. The van der Waals surface area contributed by atoms with Gasteiger partial charge < -0.3 is 10.2 Å². The van der Waals surface area contributed by atoms with Gasteiger partial charge in [0.1, 0.15) is 11.9 Å². The lowest BCUT2D eigenvalue weighted by Gasteiger charge is -2.29. The summed E-state index contributed by atoms with van der Waals surface area (Å²) in [4.78, 5) is 26.9. The van der Waals surface area contributed by atoms with E-state index in [4.69, 9.17) is 0 Å². The number of nitrogens with one attached hydrogen (secondary N) is 1. The molecule has 1 N–H and O–H groups in total. The van der Waals surface area contributed by atoms with E-state index in [1.165, 1.54) is 11.0 Å². The summed E-state index contributed by atoms with van der Waals surface area (Å²) < 4.78 is 14.9. The van der Waals surface area contributed by atoms with E-state index in [1.807, 2.05) is 38.1 Å². The van der Waals surface area contributed by atoms with E-state index >= 15 is 0 Å². The van der Waals surface area contributed by atoms with Crippen LogP contribution in [0.5, 0.6) is 0 Å². The molecule has 0 aliphatic carbocycles. The fourth-order valence-corrected chi connectivity index (χ4v) is 2.94. The number of benzene rings is 2. The van der Waals surface area contributed by atoms with Crippen LogP contribution in [0, 0.1) is 5.82 Å². The van der Waals surface area contributed by atoms with Crippen LogP contribution in [0.4, 0.5) is 4.39 Å². The maximum absolute atomic E-state index is 14.0. The van der Waals surface area contributed by atoms with Crippen LogP contribution in [0.3, 0.4) is 0 Å². The van der Waals surface area contributed by atoms with E-state index in [9.17, 15) is 14.0 Å². The topological polar surface area (TPSA) is 49.4 Å². The minimum atomic E-state index is -0.671. The van der Waals surface area contributed by atoms with Crippen LogP contribution in [0.1, 0.15) is 31.9 Å². The molecule has 144 valence electrons. The molecular formula is C21H24BrFN2O2. The van der Waals surface area contributed by atoms with Crippen LogP contribution >= 0.6 is 15.9 Å². The summed E-state index contributed by atoms with van der Waals surface area (Å²) >= 11 is 3.39. The molecule has 0 aliphatic heterocycles. The zero-order valence-electron chi connectivity index (χ0n) is 15.7. The summed E-state index contributed by atoms with van der Waals surface area (Å²) in [7, 11) is 0. The first-order valence-electron chi connectivity index (χ1n) is 8.85. The number of hydrogen-bond acceptors (Lipinski definition) is 2. The molecule has 2 aromatic carbocycles. The molecule has 0 spiro atoms. The molecule has 4 nitrogen and oxygen atoms in total. The standard InChI is InChI=1S/C21H24BrFN2O2/c1-14(2)24-21(27)15(3)25(13-16-8-10-18(22)11-9-16)20(26)12-17-6-4-5-7-19(17)23/h4-11,14-15H,12-13H2,1-3H3,(H,24,27)/t15-/m1/s1. The molecule has 2 aromatic rings. The van der Waals surface area contributed by atoms with Crippen molar-refractivity contribution in [3.63, 3.8) is 0 Å². The second-order valence-electron chi connectivity index (χ2n) is 6.76. The minimum Gasteiger partial charge on any atom is -0.352 e. The van der Waals surface area contributed by atoms with E-state index in [0.29, 0.717) is 5.56 Å². The molecule has 0 aromatic heterocycles. The number of carbonyl (C=O) groups excluding carboxylic acids is 2. The van der Waals surface area contributed by atoms with Crippen molar-refractivity contribution >= 4 is 27.7 Å². The first kappa shape index (κ1) is 21.1. The van der Waals surface area contributed by atoms with Crippen molar-refractivity contribution < 1.29 is 14.0 Å². The van der Waals surface area contributed by atoms with Crippen LogP contribution in [0.15, 0.2) is 53.0 Å². The quantitative estimate of drug-likeness (QED) is 0.713. The monoisotopic (exact) mass is 434 g/mol. The van der Waals surface area contributed by atoms with Gasteiger partial charge in [0.25, 0.3) is 0 Å². The molecule has 0 radical (unpaired) electrons. The first-order valence-corrected chi connectivity index (χ1v) is 9.65. The van der Waals surface area contributed by atoms with Crippen molar-refractivity contribution in [3.8, 4) is 0 Å². The Morgan fingerprint density at radius 1 is 1.07 bits per heavy atom. The van der Waals surface area contributed by atoms with Crippen molar-refractivity contribution in [1.82, 2.24) is 10.2 Å². The third kappa shape index (κ3) is 6.17. The highest BCUT2D eigenvalue weighted by atomic mass is 79.9. The number of carbonyl (C=O) groups is 2. The van der Waals surface area contributed by atoms with E-state index in [0.717, 1.165) is 10.0 Å². The van der Waals surface area contributed by atoms with Gasteiger partial charge in [-0.15, -0.1) is 0 Å². The molecule has 0 saturated carbocycles. The predicted molar refractivity (Wildman–Crippen MR) is 108 cm³/mol. The maximum atomic E-state index is 14.0. The number of halogens is 2. The van der Waals surface area contributed by atoms with Gasteiger partial charge in [0.2, 0.25) is 11.8 Å². The maximum Gasteiger partial charge on any atom is 0.242 e. The van der Waals surface area contributed by atoms with E-state index in [-0.39, 0.29) is 30.8 Å². The Balaban J connectivity index is 2.24. The highest BCUT2D eigenvalue weighted by Gasteiger charge is 2.27. The highest BCUT2D eigenvalue weighted by molar-refractivity contribution is 9.10. The van der Waals surface area contributed by atoms with Gasteiger partial charge in [-0.1, -0.05) is 46.3 Å². The molecule has 6 heteroatoms. The zero-order chi connectivity index (χ0) is 20.0. The third-order valence-corrected chi connectivity index (χ3v) is 4.69. The van der Waals surface area contributed by atoms with Gasteiger partial charge in [-0.3, -0.25) is 9.59 Å². The lowest BCUT2D eigenvalue weighted by atomic mass is 10.1. The van der Waals surface area contributed by atoms with Crippen LogP contribution in [-0.4, -0.2) is 28.8 Å². The third-order valence-electron chi connectivity index (χ3n) is 4.16. The average molecular weight is 435 g/mol. The van der Waals surface area contributed by atoms with Gasteiger partial charge in [-0.2, -0.15) is 0 Å². The summed E-state index contributed by atoms with van der Waals surface area (Å²) in [5, 5.41) is 2.83. The zero-order valence-corrected chi connectivity index (χ0v) is 17.3. The molecular weight excluding hydrogens is 411 g/mol. The number of rotatable bonds is 7. The van der Waals surface area contributed by atoms with Gasteiger partial charge in [-0.25, -0.2) is 4.39 Å². The van der Waals surface area contributed by atoms with E-state index < -0.39 is 11.9 Å². The van der Waals surface area contributed by atoms with Gasteiger partial charge >= 0.3 is 0 Å². The summed E-state index contributed by atoms with van der Waals surface area (Å²) in [5.74, 6) is -0.952. The molecule has 0 fully saturated rings. The fourth-order valence-electron chi connectivity index (χ4n) is 2.68. The number of hydrogen-bond donors (Lipinski definition) is 1. The average Bonchev–Trinajstić information content (AvgIpc) is 2.62. The van der Waals surface area contributed by atoms with Crippen LogP contribution in [0.2, 0.25) is 0 Å². The van der Waals surface area contributed by atoms with Crippen LogP contribution < -0.4 is 5.32 Å². The van der Waals surface area contributed by atoms with Gasteiger partial charge in [-0.05, 0) is 50.1 Å². The van der Waals surface area contributed by atoms with Crippen molar-refractivity contribution in [1.29, 1.82) is 0 Å². The van der Waals surface area contributed by atoms with Crippen molar-refractivity contribution in [3.05, 3.63) is 69.9 Å². The Hall–Kier alpha value is -2.21. The minimum absolute atomic E-state index is 0.0313. The molecule has 0 heterocycles. The smallest absolute Gasteiger partial charge is 0.242 e. The van der Waals surface area contributed by atoms with Gasteiger partial charge in [0, 0.05) is 17.1 Å². The van der Waals surface area contributed by atoms with Crippen molar-refractivity contribution in [2.24, 2.45) is 0 Å². The molecule has 0 saturated heterocycles.